The molecule has 4 atom stereocenters. The van der Waals surface area contributed by atoms with Crippen LogP contribution < -0.4 is 0 Å². The third kappa shape index (κ3) is 12.8. The van der Waals surface area contributed by atoms with E-state index in [1.54, 1.807) is 0 Å². The summed E-state index contributed by atoms with van der Waals surface area (Å²) in [4.78, 5) is 0. The maximum atomic E-state index is 6.02. The third-order valence-corrected chi connectivity index (χ3v) is 5.70. The normalized spacial score (nSPS) is 22.1. The zero-order chi connectivity index (χ0) is 18.5. The van der Waals surface area contributed by atoms with E-state index in [2.05, 4.69) is 34.6 Å². The molecule has 25 heavy (non-hydrogen) atoms. The van der Waals surface area contributed by atoms with Crippen LogP contribution in [0.25, 0.3) is 0 Å². The monoisotopic (exact) mass is 354 g/mol. The van der Waals surface area contributed by atoms with E-state index in [4.69, 9.17) is 9.47 Å². The van der Waals surface area contributed by atoms with E-state index in [0.717, 1.165) is 30.8 Å². The Hall–Kier alpha value is -0.0800. The Balaban J connectivity index is 1.96. The van der Waals surface area contributed by atoms with Crippen molar-refractivity contribution >= 4 is 0 Å². The zero-order valence-electron chi connectivity index (χ0n) is 17.9. The topological polar surface area (TPSA) is 18.5 Å². The van der Waals surface area contributed by atoms with E-state index in [9.17, 15) is 0 Å². The smallest absolute Gasteiger partial charge is 0.157 e. The Morgan fingerprint density at radius 2 is 1.32 bits per heavy atom. The van der Waals surface area contributed by atoms with Gasteiger partial charge in [-0.25, -0.2) is 0 Å². The molecule has 0 N–H and O–H groups in total. The lowest BCUT2D eigenvalue weighted by Crippen LogP contribution is -2.26. The van der Waals surface area contributed by atoms with Crippen LogP contribution >= 0.6 is 0 Å². The van der Waals surface area contributed by atoms with Gasteiger partial charge in [0.1, 0.15) is 0 Å². The Morgan fingerprint density at radius 3 is 1.84 bits per heavy atom. The Labute approximate surface area is 158 Å². The molecular formula is C23H46O2. The molecule has 150 valence electrons. The van der Waals surface area contributed by atoms with Crippen LogP contribution in [0, 0.1) is 17.8 Å². The van der Waals surface area contributed by atoms with Crippen molar-refractivity contribution in [2.24, 2.45) is 17.8 Å². The van der Waals surface area contributed by atoms with Gasteiger partial charge in [0.2, 0.25) is 0 Å². The fourth-order valence-corrected chi connectivity index (χ4v) is 3.88. The highest BCUT2D eigenvalue weighted by atomic mass is 16.7. The van der Waals surface area contributed by atoms with Crippen molar-refractivity contribution in [3.05, 3.63) is 0 Å². The lowest BCUT2D eigenvalue weighted by atomic mass is 9.92. The minimum absolute atomic E-state index is 0.0679. The molecule has 0 aromatic heterocycles. The van der Waals surface area contributed by atoms with Crippen molar-refractivity contribution in [2.45, 2.75) is 124 Å². The molecule has 0 aliphatic carbocycles. The summed E-state index contributed by atoms with van der Waals surface area (Å²) in [5.74, 6) is 2.64. The summed E-state index contributed by atoms with van der Waals surface area (Å²) in [6.07, 6.45) is 16.2. The van der Waals surface area contributed by atoms with Crippen molar-refractivity contribution in [3.63, 3.8) is 0 Å². The van der Waals surface area contributed by atoms with E-state index in [-0.39, 0.29) is 6.29 Å². The molecule has 0 bridgehead atoms. The molecule has 2 nitrogen and oxygen atoms in total. The first kappa shape index (κ1) is 23.0. The molecule has 1 rings (SSSR count). The zero-order valence-corrected chi connectivity index (χ0v) is 17.9. The fraction of sp³-hybridized carbons (Fsp3) is 1.00. The summed E-state index contributed by atoms with van der Waals surface area (Å²) in [7, 11) is 0. The molecular weight excluding hydrogens is 308 g/mol. The first-order valence-electron chi connectivity index (χ1n) is 11.2. The minimum atomic E-state index is 0.0679. The van der Waals surface area contributed by atoms with Gasteiger partial charge >= 0.3 is 0 Å². The van der Waals surface area contributed by atoms with Crippen molar-refractivity contribution in [1.82, 2.24) is 0 Å². The minimum Gasteiger partial charge on any atom is -0.353 e. The van der Waals surface area contributed by atoms with Crippen LogP contribution in [-0.2, 0) is 9.47 Å². The second-order valence-electron chi connectivity index (χ2n) is 9.14. The van der Waals surface area contributed by atoms with E-state index in [1.807, 2.05) is 0 Å². The number of hydrogen-bond acceptors (Lipinski definition) is 2. The highest BCUT2D eigenvalue weighted by Gasteiger charge is 2.17. The number of hydrogen-bond donors (Lipinski definition) is 0. The van der Waals surface area contributed by atoms with E-state index < -0.39 is 0 Å². The average molecular weight is 355 g/mol. The van der Waals surface area contributed by atoms with Crippen LogP contribution in [0.4, 0.5) is 0 Å². The molecule has 0 aromatic rings. The fourth-order valence-electron chi connectivity index (χ4n) is 3.88. The van der Waals surface area contributed by atoms with Crippen LogP contribution in [0.3, 0.4) is 0 Å². The molecule has 1 fully saturated rings. The largest absolute Gasteiger partial charge is 0.353 e. The number of ether oxygens (including phenoxy) is 2. The maximum Gasteiger partial charge on any atom is 0.157 e. The lowest BCUT2D eigenvalue weighted by Gasteiger charge is -2.26. The first-order chi connectivity index (χ1) is 12.0. The standard InChI is InChI=1S/C23H46O2/c1-19(2)11-8-12-20(3)13-9-14-21(4)15-10-16-22(5)25-23-17-6-7-18-24-23/h19-23H,6-18H2,1-5H3/t20-,21-,22-,23?/m1/s1. The van der Waals surface area contributed by atoms with E-state index >= 15 is 0 Å². The van der Waals surface area contributed by atoms with Crippen molar-refractivity contribution < 1.29 is 9.47 Å². The third-order valence-electron chi connectivity index (χ3n) is 5.70. The average Bonchev–Trinajstić information content (AvgIpc) is 2.55. The second kappa shape index (κ2) is 14.0. The van der Waals surface area contributed by atoms with Gasteiger partial charge < -0.3 is 9.47 Å². The summed E-state index contributed by atoms with van der Waals surface area (Å²) >= 11 is 0. The molecule has 1 aliphatic heterocycles. The highest BCUT2D eigenvalue weighted by Crippen LogP contribution is 2.22. The van der Waals surface area contributed by atoms with Crippen molar-refractivity contribution in [1.29, 1.82) is 0 Å². The molecule has 0 spiro atoms. The molecule has 0 saturated carbocycles. The first-order valence-corrected chi connectivity index (χ1v) is 11.2. The van der Waals surface area contributed by atoms with Crippen LogP contribution in [0.2, 0.25) is 0 Å². The van der Waals surface area contributed by atoms with Gasteiger partial charge in [-0.1, -0.05) is 79.1 Å². The molecule has 0 amide bonds. The predicted molar refractivity (Wildman–Crippen MR) is 109 cm³/mol. The molecule has 1 saturated heterocycles. The van der Waals surface area contributed by atoms with Crippen LogP contribution in [0.1, 0.15) is 112 Å². The molecule has 0 aromatic carbocycles. The SMILES string of the molecule is CC(C)CCC[C@@H](C)CCC[C@@H](C)CCC[C@@H](C)OC1CCCCO1. The number of rotatable bonds is 14. The van der Waals surface area contributed by atoms with Crippen LogP contribution in [-0.4, -0.2) is 19.0 Å². The van der Waals surface area contributed by atoms with Gasteiger partial charge in [-0.2, -0.15) is 0 Å². The Kier molecular flexibility index (Phi) is 12.9. The van der Waals surface area contributed by atoms with Crippen LogP contribution in [0.5, 0.6) is 0 Å². The highest BCUT2D eigenvalue weighted by molar-refractivity contribution is 4.62. The van der Waals surface area contributed by atoms with E-state index in [0.29, 0.717) is 6.10 Å². The summed E-state index contributed by atoms with van der Waals surface area (Å²) < 4.78 is 11.7. The van der Waals surface area contributed by atoms with Gasteiger partial charge in [0.25, 0.3) is 0 Å². The Morgan fingerprint density at radius 1 is 0.760 bits per heavy atom. The van der Waals surface area contributed by atoms with Gasteiger partial charge in [-0.3, -0.25) is 0 Å². The molecule has 2 heteroatoms. The molecule has 0 radical (unpaired) electrons. The maximum absolute atomic E-state index is 6.02. The summed E-state index contributed by atoms with van der Waals surface area (Å²) in [6.45, 7) is 12.6. The van der Waals surface area contributed by atoms with Gasteiger partial charge in [-0.05, 0) is 50.4 Å². The van der Waals surface area contributed by atoms with Crippen molar-refractivity contribution in [3.8, 4) is 0 Å². The summed E-state index contributed by atoms with van der Waals surface area (Å²) in [5.41, 5.74) is 0. The second-order valence-corrected chi connectivity index (χ2v) is 9.14. The summed E-state index contributed by atoms with van der Waals surface area (Å²) in [6, 6.07) is 0. The quantitative estimate of drug-likeness (QED) is 0.324. The molecule has 1 aliphatic rings. The van der Waals surface area contributed by atoms with Gasteiger partial charge in [-0.15, -0.1) is 0 Å². The molecule has 1 heterocycles. The van der Waals surface area contributed by atoms with E-state index in [1.165, 1.54) is 70.6 Å². The Bertz CT molecular complexity index is 296. The summed E-state index contributed by atoms with van der Waals surface area (Å²) in [5, 5.41) is 0. The molecule has 1 unspecified atom stereocenters. The lowest BCUT2D eigenvalue weighted by molar-refractivity contribution is -0.185. The van der Waals surface area contributed by atoms with Gasteiger partial charge in [0, 0.05) is 6.61 Å². The van der Waals surface area contributed by atoms with Gasteiger partial charge in [0.15, 0.2) is 6.29 Å². The van der Waals surface area contributed by atoms with Crippen LogP contribution in [0.15, 0.2) is 0 Å². The van der Waals surface area contributed by atoms with Crippen molar-refractivity contribution in [2.75, 3.05) is 6.61 Å². The predicted octanol–water partition coefficient (Wildman–Crippen LogP) is 7.36. The van der Waals surface area contributed by atoms with Gasteiger partial charge in [0.05, 0.1) is 6.10 Å².